The summed E-state index contributed by atoms with van der Waals surface area (Å²) >= 11 is 5.90. The molecule has 0 radical (unpaired) electrons. The highest BCUT2D eigenvalue weighted by molar-refractivity contribution is 6.77. The minimum atomic E-state index is -1.80. The first-order valence-corrected chi connectivity index (χ1v) is 11.3. The van der Waals surface area contributed by atoms with Crippen LogP contribution in [0.15, 0.2) is 18.2 Å². The molecule has 0 N–H and O–H groups in total. The van der Waals surface area contributed by atoms with Crippen molar-refractivity contribution >= 4 is 19.9 Å². The molecule has 4 heteroatoms. The molecule has 0 saturated carbocycles. The fraction of sp³-hybridized carbons (Fsp3) is 0.684. The second-order valence-electron chi connectivity index (χ2n) is 7.25. The number of aryl methyl sites for hydroxylation is 1. The van der Waals surface area contributed by atoms with Crippen LogP contribution in [0.3, 0.4) is 0 Å². The summed E-state index contributed by atoms with van der Waals surface area (Å²) in [7, 11) is -1.80. The van der Waals surface area contributed by atoms with Crippen molar-refractivity contribution in [2.75, 3.05) is 13.2 Å². The maximum Gasteiger partial charge on any atom is 0.200 e. The predicted octanol–water partition coefficient (Wildman–Crippen LogP) is 6.30. The molecule has 0 saturated heterocycles. The summed E-state index contributed by atoms with van der Waals surface area (Å²) in [6.07, 6.45) is 0. The van der Waals surface area contributed by atoms with Crippen LogP contribution in [-0.4, -0.2) is 21.5 Å². The van der Waals surface area contributed by atoms with Gasteiger partial charge in [-0.05, 0) is 40.7 Å². The summed E-state index contributed by atoms with van der Waals surface area (Å²) in [6, 6.07) is 6.13. The van der Waals surface area contributed by atoms with E-state index < -0.39 is 8.32 Å². The van der Waals surface area contributed by atoms with Crippen molar-refractivity contribution in [2.24, 2.45) is 0 Å². The van der Waals surface area contributed by atoms with Crippen LogP contribution in [0, 0.1) is 6.92 Å². The van der Waals surface area contributed by atoms with Gasteiger partial charge in [0.15, 0.2) is 8.32 Å². The zero-order valence-corrected chi connectivity index (χ0v) is 17.5. The van der Waals surface area contributed by atoms with E-state index in [1.54, 1.807) is 0 Å². The zero-order chi connectivity index (χ0) is 17.6. The maximum absolute atomic E-state index is 6.52. The van der Waals surface area contributed by atoms with Crippen molar-refractivity contribution in [3.63, 3.8) is 0 Å². The third kappa shape index (κ3) is 4.98. The highest BCUT2D eigenvalue weighted by Gasteiger charge is 2.44. The Morgan fingerprint density at radius 2 is 1.52 bits per heavy atom. The van der Waals surface area contributed by atoms with E-state index in [1.807, 2.05) is 12.1 Å². The summed E-state index contributed by atoms with van der Waals surface area (Å²) in [6.45, 7) is 17.1. The van der Waals surface area contributed by atoms with Crippen molar-refractivity contribution in [2.45, 2.75) is 71.0 Å². The van der Waals surface area contributed by atoms with Crippen molar-refractivity contribution in [1.82, 2.24) is 0 Å². The van der Waals surface area contributed by atoms with Gasteiger partial charge in [0.25, 0.3) is 0 Å². The first-order valence-electron chi connectivity index (χ1n) is 8.67. The van der Waals surface area contributed by atoms with Crippen LogP contribution in [0.1, 0.15) is 52.7 Å². The Hall–Kier alpha value is -0.513. The molecule has 0 atom stereocenters. The molecule has 1 rings (SSSR count). The van der Waals surface area contributed by atoms with Gasteiger partial charge in [0.1, 0.15) is 12.4 Å². The van der Waals surface area contributed by atoms with E-state index in [4.69, 9.17) is 20.8 Å². The first-order chi connectivity index (χ1) is 10.8. The quantitative estimate of drug-likeness (QED) is 0.293. The number of hydrogen-bond acceptors (Lipinski definition) is 2. The molecule has 0 aliphatic heterocycles. The molecule has 2 nitrogen and oxygen atoms in total. The molecule has 0 aliphatic carbocycles. The third-order valence-corrected chi connectivity index (χ3v) is 11.2. The number of hydrogen-bond donors (Lipinski definition) is 0. The largest absolute Gasteiger partial charge is 0.491 e. The second kappa shape index (κ2) is 9.10. The first kappa shape index (κ1) is 20.5. The molecular formula is C19H33ClO2Si. The smallest absolute Gasteiger partial charge is 0.200 e. The monoisotopic (exact) mass is 356 g/mol. The Balaban J connectivity index is 2.68. The fourth-order valence-corrected chi connectivity index (χ4v) is 9.36. The normalized spacial score (nSPS) is 12.5. The number of halogens is 1. The topological polar surface area (TPSA) is 18.5 Å². The summed E-state index contributed by atoms with van der Waals surface area (Å²) in [5, 5.41) is 0. The molecule has 0 spiro atoms. The fourth-order valence-electron chi connectivity index (χ4n) is 3.75. The summed E-state index contributed by atoms with van der Waals surface area (Å²) in [4.78, 5) is 0. The molecule has 132 valence electrons. The van der Waals surface area contributed by atoms with Gasteiger partial charge in [0.2, 0.25) is 0 Å². The van der Waals surface area contributed by atoms with Gasteiger partial charge in [-0.3, -0.25) is 0 Å². The Kier molecular flexibility index (Phi) is 8.12. The van der Waals surface area contributed by atoms with Crippen LogP contribution in [0.4, 0.5) is 0 Å². The van der Waals surface area contributed by atoms with Gasteiger partial charge in [-0.2, -0.15) is 0 Å². The van der Waals surface area contributed by atoms with Gasteiger partial charge >= 0.3 is 0 Å². The maximum atomic E-state index is 6.52. The van der Waals surface area contributed by atoms with E-state index >= 15 is 0 Å². The molecule has 0 heterocycles. The second-order valence-corrected chi connectivity index (χ2v) is 13.0. The van der Waals surface area contributed by atoms with Crippen molar-refractivity contribution in [1.29, 1.82) is 0 Å². The molecule has 23 heavy (non-hydrogen) atoms. The third-order valence-electron chi connectivity index (χ3n) is 4.81. The SMILES string of the molecule is Cc1ccc(CCl)cc1OCCO[Si](C(C)C)(C(C)C)C(C)C. The van der Waals surface area contributed by atoms with Gasteiger partial charge in [0, 0.05) is 5.88 Å². The van der Waals surface area contributed by atoms with Gasteiger partial charge < -0.3 is 9.16 Å². The van der Waals surface area contributed by atoms with Gasteiger partial charge in [-0.15, -0.1) is 11.6 Å². The van der Waals surface area contributed by atoms with Crippen LogP contribution >= 0.6 is 11.6 Å². The zero-order valence-electron chi connectivity index (χ0n) is 15.8. The Morgan fingerprint density at radius 3 is 2.00 bits per heavy atom. The molecule has 1 aromatic carbocycles. The molecule has 0 fully saturated rings. The highest BCUT2D eigenvalue weighted by Crippen LogP contribution is 2.42. The van der Waals surface area contributed by atoms with Crippen LogP contribution in [0.2, 0.25) is 16.6 Å². The molecule has 1 aromatic rings. The molecule has 0 unspecified atom stereocenters. The van der Waals surface area contributed by atoms with Gasteiger partial charge in [0.05, 0.1) is 6.61 Å². The summed E-state index contributed by atoms with van der Waals surface area (Å²) in [5.41, 5.74) is 4.03. The average molecular weight is 357 g/mol. The average Bonchev–Trinajstić information content (AvgIpc) is 2.47. The lowest BCUT2D eigenvalue weighted by atomic mass is 10.1. The van der Waals surface area contributed by atoms with Gasteiger partial charge in [-0.1, -0.05) is 53.7 Å². The molecular weight excluding hydrogens is 324 g/mol. The lowest BCUT2D eigenvalue weighted by Crippen LogP contribution is -2.48. The predicted molar refractivity (Wildman–Crippen MR) is 103 cm³/mol. The van der Waals surface area contributed by atoms with Crippen LogP contribution in [0.25, 0.3) is 0 Å². The number of rotatable bonds is 9. The van der Waals surface area contributed by atoms with Crippen molar-refractivity contribution in [3.8, 4) is 5.75 Å². The van der Waals surface area contributed by atoms with Crippen molar-refractivity contribution in [3.05, 3.63) is 29.3 Å². The van der Waals surface area contributed by atoms with E-state index in [0.717, 1.165) is 16.9 Å². The molecule has 0 bridgehead atoms. The highest BCUT2D eigenvalue weighted by atomic mass is 35.5. The summed E-state index contributed by atoms with van der Waals surface area (Å²) < 4.78 is 12.5. The van der Waals surface area contributed by atoms with Gasteiger partial charge in [-0.25, -0.2) is 0 Å². The Morgan fingerprint density at radius 1 is 0.957 bits per heavy atom. The number of benzene rings is 1. The Labute approximate surface area is 148 Å². The van der Waals surface area contributed by atoms with Crippen LogP contribution in [0.5, 0.6) is 5.75 Å². The van der Waals surface area contributed by atoms with E-state index in [1.165, 1.54) is 0 Å². The lowest BCUT2D eigenvalue weighted by molar-refractivity contribution is 0.197. The number of ether oxygens (including phenoxy) is 1. The Bertz CT molecular complexity index is 464. The summed E-state index contributed by atoms with van der Waals surface area (Å²) in [5.74, 6) is 1.43. The lowest BCUT2D eigenvalue weighted by Gasteiger charge is -2.42. The van der Waals surface area contributed by atoms with E-state index in [-0.39, 0.29) is 0 Å². The van der Waals surface area contributed by atoms with E-state index in [2.05, 4.69) is 54.5 Å². The van der Waals surface area contributed by atoms with Crippen LogP contribution < -0.4 is 4.74 Å². The minimum Gasteiger partial charge on any atom is -0.491 e. The number of alkyl halides is 1. The van der Waals surface area contributed by atoms with Crippen LogP contribution in [-0.2, 0) is 10.3 Å². The standard InChI is InChI=1S/C19H33ClO2Si/c1-14(2)23(15(3)4,16(5)6)22-11-10-21-19-12-18(13-20)9-8-17(19)7/h8-9,12,14-16H,10-11,13H2,1-7H3. The molecule has 0 aromatic heterocycles. The van der Waals surface area contributed by atoms with Crippen molar-refractivity contribution < 1.29 is 9.16 Å². The molecule has 0 aliphatic rings. The van der Waals surface area contributed by atoms with E-state index in [0.29, 0.717) is 35.7 Å². The molecule has 0 amide bonds. The minimum absolute atomic E-state index is 0.511. The van der Waals surface area contributed by atoms with E-state index in [9.17, 15) is 0 Å².